The molecule has 5 atom stereocenters. The fraction of sp³-hybridized carbons (Fsp3) is 0.724. The Morgan fingerprint density at radius 2 is 1.76 bits per heavy atom. The predicted octanol–water partition coefficient (Wildman–Crippen LogP) is 3.44. The number of hydrogen-bond acceptors (Lipinski definition) is 5. The van der Waals surface area contributed by atoms with E-state index in [1.54, 1.807) is 17.0 Å². The molecule has 5 N–H and O–H groups in total. The standard InChI is InChI=1S/C29H44ClN3O4/c1-18(2)23(32-25(35)24(31)28(17-34)14-19-5-6-20(13-19)15-28)26(36)33-12-11-29(37,27(3,4)16-33)21-7-9-22(30)10-8-21/h7-10,18-20,23-24,34,37H,5-6,11-17,31H2,1-4H3,(H,32,35)/t19?,20?,23-,24-,28?,29+/m1/s1. The molecular formula is C29H44ClN3O4. The van der Waals surface area contributed by atoms with Crippen LogP contribution in [0.5, 0.6) is 0 Å². The minimum absolute atomic E-state index is 0.113. The Labute approximate surface area is 226 Å². The fourth-order valence-corrected chi connectivity index (χ4v) is 7.39. The van der Waals surface area contributed by atoms with Crippen LogP contribution >= 0.6 is 11.6 Å². The van der Waals surface area contributed by atoms with E-state index < -0.39 is 28.5 Å². The third kappa shape index (κ3) is 5.29. The second-order valence-electron chi connectivity index (χ2n) is 12.9. The van der Waals surface area contributed by atoms with Gasteiger partial charge in [0.2, 0.25) is 11.8 Å². The Kier molecular flexibility index (Phi) is 8.03. The van der Waals surface area contributed by atoms with Crippen molar-refractivity contribution in [1.82, 2.24) is 10.2 Å². The molecule has 37 heavy (non-hydrogen) atoms. The van der Waals surface area contributed by atoms with Gasteiger partial charge < -0.3 is 26.2 Å². The van der Waals surface area contributed by atoms with E-state index in [4.69, 9.17) is 17.3 Å². The lowest BCUT2D eigenvalue weighted by Crippen LogP contribution is -2.63. The van der Waals surface area contributed by atoms with E-state index >= 15 is 0 Å². The highest BCUT2D eigenvalue weighted by Gasteiger charge is 2.52. The minimum atomic E-state index is -1.11. The quantitative estimate of drug-likeness (QED) is 0.428. The highest BCUT2D eigenvalue weighted by Crippen LogP contribution is 2.52. The van der Waals surface area contributed by atoms with E-state index in [0.29, 0.717) is 36.4 Å². The molecule has 1 heterocycles. The normalized spacial score (nSPS) is 32.7. The number of piperidine rings is 1. The summed E-state index contributed by atoms with van der Waals surface area (Å²) in [5.74, 6) is 0.362. The number of rotatable bonds is 7. The molecule has 0 aromatic heterocycles. The van der Waals surface area contributed by atoms with Crippen LogP contribution < -0.4 is 11.1 Å². The molecule has 206 valence electrons. The number of benzene rings is 1. The molecule has 7 nitrogen and oxygen atoms in total. The van der Waals surface area contributed by atoms with Gasteiger partial charge >= 0.3 is 0 Å². The summed E-state index contributed by atoms with van der Waals surface area (Å²) in [5.41, 5.74) is 4.95. The van der Waals surface area contributed by atoms with Crippen LogP contribution in [0.3, 0.4) is 0 Å². The van der Waals surface area contributed by atoms with Gasteiger partial charge in [0.1, 0.15) is 6.04 Å². The first-order chi connectivity index (χ1) is 17.3. The van der Waals surface area contributed by atoms with E-state index in [0.717, 1.165) is 37.7 Å². The zero-order chi connectivity index (χ0) is 27.2. The number of nitrogens with zero attached hydrogens (tertiary/aromatic N) is 1. The van der Waals surface area contributed by atoms with Crippen molar-refractivity contribution >= 4 is 23.4 Å². The number of likely N-dealkylation sites (tertiary alicyclic amines) is 1. The number of halogens is 1. The molecule has 2 aliphatic carbocycles. The van der Waals surface area contributed by atoms with Gasteiger partial charge in [-0.2, -0.15) is 0 Å². The third-order valence-electron chi connectivity index (χ3n) is 9.61. The molecule has 8 heteroatoms. The molecule has 2 saturated carbocycles. The maximum absolute atomic E-state index is 13.7. The maximum atomic E-state index is 13.7. The molecular weight excluding hydrogens is 490 g/mol. The van der Waals surface area contributed by atoms with E-state index in [1.165, 1.54) is 0 Å². The van der Waals surface area contributed by atoms with Gasteiger partial charge in [-0.25, -0.2) is 0 Å². The fourth-order valence-electron chi connectivity index (χ4n) is 7.27. The predicted molar refractivity (Wildman–Crippen MR) is 145 cm³/mol. The second kappa shape index (κ2) is 10.5. The first kappa shape index (κ1) is 28.3. The molecule has 1 aromatic rings. The summed E-state index contributed by atoms with van der Waals surface area (Å²) in [6, 6.07) is 5.64. The van der Waals surface area contributed by atoms with Crippen molar-refractivity contribution in [2.75, 3.05) is 19.7 Å². The Bertz CT molecular complexity index is 985. The monoisotopic (exact) mass is 533 g/mol. The molecule has 2 bridgehead atoms. The molecule has 3 fully saturated rings. The summed E-state index contributed by atoms with van der Waals surface area (Å²) in [7, 11) is 0. The summed E-state index contributed by atoms with van der Waals surface area (Å²) in [4.78, 5) is 28.9. The molecule has 1 aliphatic heterocycles. The van der Waals surface area contributed by atoms with Crippen molar-refractivity contribution in [3.63, 3.8) is 0 Å². The average molecular weight is 534 g/mol. The van der Waals surface area contributed by atoms with Gasteiger partial charge in [-0.1, -0.05) is 64.3 Å². The number of carbonyl (C=O) groups excluding carboxylic acids is 2. The van der Waals surface area contributed by atoms with Crippen LogP contribution in [-0.4, -0.2) is 58.7 Å². The average Bonchev–Trinajstić information content (AvgIpc) is 3.21. The highest BCUT2D eigenvalue weighted by molar-refractivity contribution is 6.30. The topological polar surface area (TPSA) is 116 Å². The Morgan fingerprint density at radius 3 is 2.27 bits per heavy atom. The van der Waals surface area contributed by atoms with Gasteiger partial charge in [0.15, 0.2) is 0 Å². The lowest BCUT2D eigenvalue weighted by atomic mass is 9.65. The Balaban J connectivity index is 1.47. The molecule has 1 aromatic carbocycles. The summed E-state index contributed by atoms with van der Waals surface area (Å²) >= 11 is 6.05. The van der Waals surface area contributed by atoms with Gasteiger partial charge in [-0.3, -0.25) is 9.59 Å². The van der Waals surface area contributed by atoms with Crippen LogP contribution in [0.1, 0.15) is 71.8 Å². The first-order valence-corrected chi connectivity index (χ1v) is 14.1. The Morgan fingerprint density at radius 1 is 1.16 bits per heavy atom. The number of hydrogen-bond donors (Lipinski definition) is 4. The number of aliphatic hydroxyl groups excluding tert-OH is 1. The molecule has 1 saturated heterocycles. The van der Waals surface area contributed by atoms with E-state index in [9.17, 15) is 19.8 Å². The van der Waals surface area contributed by atoms with Crippen molar-refractivity contribution in [3.8, 4) is 0 Å². The lowest BCUT2D eigenvalue weighted by Gasteiger charge is -2.51. The van der Waals surface area contributed by atoms with E-state index in [2.05, 4.69) is 5.32 Å². The Hall–Kier alpha value is -1.67. The summed E-state index contributed by atoms with van der Waals surface area (Å²) in [6.07, 6.45) is 5.34. The molecule has 0 spiro atoms. The summed E-state index contributed by atoms with van der Waals surface area (Å²) in [5, 5.41) is 25.6. The highest BCUT2D eigenvalue weighted by atomic mass is 35.5. The molecule has 3 aliphatic rings. The van der Waals surface area contributed by atoms with Crippen molar-refractivity contribution < 1.29 is 19.8 Å². The summed E-state index contributed by atoms with van der Waals surface area (Å²) in [6.45, 7) is 8.35. The van der Waals surface area contributed by atoms with Gasteiger partial charge in [-0.05, 0) is 61.1 Å². The number of aliphatic hydroxyl groups is 2. The number of amides is 2. The summed E-state index contributed by atoms with van der Waals surface area (Å²) < 4.78 is 0. The van der Waals surface area contributed by atoms with Crippen LogP contribution in [0.25, 0.3) is 0 Å². The minimum Gasteiger partial charge on any atom is -0.396 e. The van der Waals surface area contributed by atoms with Crippen LogP contribution in [0.4, 0.5) is 0 Å². The van der Waals surface area contributed by atoms with Crippen molar-refractivity contribution in [2.24, 2.45) is 34.3 Å². The SMILES string of the molecule is CC(C)[C@@H](NC(=O)[C@@H](N)C1(CO)CC2CCC(C2)C1)C(=O)N1CC[C@](O)(c2ccc(Cl)cc2)C(C)(C)C1. The van der Waals surface area contributed by atoms with Gasteiger partial charge in [0.25, 0.3) is 0 Å². The number of nitrogens with one attached hydrogen (secondary N) is 1. The van der Waals surface area contributed by atoms with Crippen LogP contribution in [-0.2, 0) is 15.2 Å². The van der Waals surface area contributed by atoms with Crippen molar-refractivity contribution in [1.29, 1.82) is 0 Å². The molecule has 0 radical (unpaired) electrons. The number of carbonyl (C=O) groups is 2. The van der Waals surface area contributed by atoms with Crippen LogP contribution in [0.2, 0.25) is 5.02 Å². The lowest BCUT2D eigenvalue weighted by molar-refractivity contribution is -0.157. The largest absolute Gasteiger partial charge is 0.396 e. The van der Waals surface area contributed by atoms with E-state index in [-0.39, 0.29) is 24.3 Å². The van der Waals surface area contributed by atoms with Crippen molar-refractivity contribution in [3.05, 3.63) is 34.9 Å². The van der Waals surface area contributed by atoms with Gasteiger partial charge in [0, 0.05) is 28.9 Å². The second-order valence-corrected chi connectivity index (χ2v) is 13.4. The van der Waals surface area contributed by atoms with Crippen LogP contribution in [0.15, 0.2) is 24.3 Å². The zero-order valence-corrected chi connectivity index (χ0v) is 23.4. The van der Waals surface area contributed by atoms with Crippen molar-refractivity contribution in [2.45, 2.75) is 83.9 Å². The molecule has 2 amide bonds. The van der Waals surface area contributed by atoms with Gasteiger partial charge in [-0.15, -0.1) is 0 Å². The van der Waals surface area contributed by atoms with Gasteiger partial charge in [0.05, 0.1) is 18.2 Å². The number of nitrogens with two attached hydrogens (primary N) is 1. The zero-order valence-electron chi connectivity index (χ0n) is 22.7. The molecule has 2 unspecified atom stereocenters. The molecule has 4 rings (SSSR count). The third-order valence-corrected chi connectivity index (χ3v) is 9.86. The first-order valence-electron chi connectivity index (χ1n) is 13.8. The maximum Gasteiger partial charge on any atom is 0.245 e. The smallest absolute Gasteiger partial charge is 0.245 e. The number of fused-ring (bicyclic) bond motifs is 2. The van der Waals surface area contributed by atoms with Crippen LogP contribution in [0, 0.1) is 28.6 Å². The van der Waals surface area contributed by atoms with E-state index in [1.807, 2.05) is 39.8 Å².